The van der Waals surface area contributed by atoms with Gasteiger partial charge in [-0.05, 0) is 50.3 Å². The molecule has 1 saturated carbocycles. The second kappa shape index (κ2) is 8.28. The van der Waals surface area contributed by atoms with Crippen molar-refractivity contribution in [1.82, 2.24) is 0 Å². The summed E-state index contributed by atoms with van der Waals surface area (Å²) in [5, 5.41) is 0. The quantitative estimate of drug-likeness (QED) is 0.529. The van der Waals surface area contributed by atoms with Gasteiger partial charge in [0.2, 0.25) is 5.91 Å². The Morgan fingerprint density at radius 2 is 1.32 bits per heavy atom. The van der Waals surface area contributed by atoms with Gasteiger partial charge in [-0.1, -0.05) is 25.3 Å². The first-order chi connectivity index (χ1) is 15.4. The number of nitrogens with zero attached hydrogens (tertiary/aromatic N) is 2. The molecule has 1 aliphatic carbocycles. The van der Waals surface area contributed by atoms with Crippen LogP contribution in [-0.4, -0.2) is 40.3 Å². The van der Waals surface area contributed by atoms with Crippen LogP contribution in [-0.2, 0) is 24.8 Å². The minimum absolute atomic E-state index is 0.111. The molecule has 1 aromatic carbocycles. The standard InChI is InChI=1S/C19H22F6N2O5S2/c1-12-10-13(2)15(27(33(29,30)18(20,21)22)34(31,32)19(23,24)25)11-14(12)26-9-8-17(16(26)28)6-4-3-5-7-17/h10-11H,3-9H2,1-2H3. The van der Waals surface area contributed by atoms with Crippen molar-refractivity contribution in [3.05, 3.63) is 23.3 Å². The zero-order valence-electron chi connectivity index (χ0n) is 18.1. The molecule has 0 aromatic heterocycles. The Morgan fingerprint density at radius 1 is 0.824 bits per heavy atom. The first kappa shape index (κ1) is 26.6. The van der Waals surface area contributed by atoms with Gasteiger partial charge in [0.1, 0.15) is 0 Å². The molecule has 0 radical (unpaired) electrons. The second-order valence-electron chi connectivity index (χ2n) is 8.57. The van der Waals surface area contributed by atoms with Gasteiger partial charge in [0.15, 0.2) is 0 Å². The Hall–Kier alpha value is -2.03. The molecule has 1 spiro atoms. The van der Waals surface area contributed by atoms with Crippen molar-refractivity contribution in [3.63, 3.8) is 0 Å². The lowest BCUT2D eigenvalue weighted by Gasteiger charge is -2.32. The number of halogens is 6. The molecule has 1 amide bonds. The lowest BCUT2D eigenvalue weighted by Crippen LogP contribution is -2.49. The number of alkyl halides is 6. The molecule has 34 heavy (non-hydrogen) atoms. The van der Waals surface area contributed by atoms with Gasteiger partial charge in [-0.15, -0.1) is 3.71 Å². The van der Waals surface area contributed by atoms with Crippen LogP contribution >= 0.6 is 0 Å². The number of rotatable bonds is 4. The van der Waals surface area contributed by atoms with E-state index in [4.69, 9.17) is 0 Å². The summed E-state index contributed by atoms with van der Waals surface area (Å²) < 4.78 is 126. The Labute approximate surface area is 192 Å². The van der Waals surface area contributed by atoms with Gasteiger partial charge in [-0.3, -0.25) is 4.79 Å². The molecular weight excluding hydrogens is 514 g/mol. The molecule has 2 fully saturated rings. The molecule has 0 unspecified atom stereocenters. The summed E-state index contributed by atoms with van der Waals surface area (Å²) >= 11 is 0. The van der Waals surface area contributed by atoms with E-state index in [0.29, 0.717) is 25.3 Å². The minimum Gasteiger partial charge on any atom is -0.312 e. The maximum atomic E-state index is 13.3. The number of carbonyl (C=O) groups is 1. The molecule has 192 valence electrons. The van der Waals surface area contributed by atoms with Crippen molar-refractivity contribution in [1.29, 1.82) is 0 Å². The van der Waals surface area contributed by atoms with Crippen LogP contribution < -0.4 is 8.61 Å². The summed E-state index contributed by atoms with van der Waals surface area (Å²) in [5.41, 5.74) is -15.1. The molecule has 1 aliphatic heterocycles. The molecule has 7 nitrogen and oxygen atoms in total. The lowest BCUT2D eigenvalue weighted by atomic mass is 9.73. The summed E-state index contributed by atoms with van der Waals surface area (Å²) in [6.45, 7) is 2.53. The van der Waals surface area contributed by atoms with Crippen LogP contribution in [0.2, 0.25) is 0 Å². The van der Waals surface area contributed by atoms with Crippen LogP contribution in [0, 0.1) is 19.3 Å². The van der Waals surface area contributed by atoms with Crippen LogP contribution in [0.3, 0.4) is 0 Å². The van der Waals surface area contributed by atoms with E-state index in [9.17, 15) is 48.0 Å². The first-order valence-electron chi connectivity index (χ1n) is 10.2. The van der Waals surface area contributed by atoms with Gasteiger partial charge in [-0.25, -0.2) is 0 Å². The summed E-state index contributed by atoms with van der Waals surface area (Å²) in [5.74, 6) is -0.367. The highest BCUT2D eigenvalue weighted by Crippen LogP contribution is 2.48. The summed E-state index contributed by atoms with van der Waals surface area (Å²) in [6, 6.07) is 1.64. The van der Waals surface area contributed by atoms with Crippen molar-refractivity contribution in [3.8, 4) is 0 Å². The average Bonchev–Trinajstić information content (AvgIpc) is 2.98. The van der Waals surface area contributed by atoms with Gasteiger partial charge in [0.05, 0.1) is 11.1 Å². The molecule has 15 heteroatoms. The minimum atomic E-state index is -7.03. The van der Waals surface area contributed by atoms with Crippen molar-refractivity contribution in [2.24, 2.45) is 5.41 Å². The van der Waals surface area contributed by atoms with Crippen LogP contribution in [0.1, 0.15) is 49.7 Å². The second-order valence-corrected chi connectivity index (χ2v) is 12.4. The molecule has 3 rings (SSSR count). The molecule has 2 aliphatic rings. The van der Waals surface area contributed by atoms with Gasteiger partial charge >= 0.3 is 31.1 Å². The van der Waals surface area contributed by atoms with Crippen LogP contribution in [0.25, 0.3) is 0 Å². The van der Waals surface area contributed by atoms with E-state index in [1.54, 1.807) is 0 Å². The van der Waals surface area contributed by atoms with Crippen molar-refractivity contribution in [2.75, 3.05) is 15.2 Å². The fraction of sp³-hybridized carbons (Fsp3) is 0.632. The van der Waals surface area contributed by atoms with E-state index < -0.39 is 51.4 Å². The van der Waals surface area contributed by atoms with Crippen LogP contribution in [0.5, 0.6) is 0 Å². The largest absolute Gasteiger partial charge is 0.517 e. The smallest absolute Gasteiger partial charge is 0.312 e. The van der Waals surface area contributed by atoms with Gasteiger partial charge in [0, 0.05) is 12.2 Å². The molecule has 0 N–H and O–H groups in total. The third-order valence-electron chi connectivity index (χ3n) is 6.35. The molecular formula is C19H22F6N2O5S2. The Bertz CT molecular complexity index is 1160. The van der Waals surface area contributed by atoms with Gasteiger partial charge in [-0.2, -0.15) is 43.2 Å². The molecule has 1 aromatic rings. The van der Waals surface area contributed by atoms with Gasteiger partial charge in [0.25, 0.3) is 0 Å². The number of sulfonamides is 2. The van der Waals surface area contributed by atoms with E-state index >= 15 is 0 Å². The van der Waals surface area contributed by atoms with Crippen molar-refractivity contribution < 1.29 is 48.0 Å². The molecule has 1 heterocycles. The highest BCUT2D eigenvalue weighted by atomic mass is 32.3. The van der Waals surface area contributed by atoms with Crippen LogP contribution in [0.15, 0.2) is 12.1 Å². The van der Waals surface area contributed by atoms with E-state index in [1.165, 1.54) is 11.8 Å². The summed E-state index contributed by atoms with van der Waals surface area (Å²) in [6.07, 6.45) is 4.09. The van der Waals surface area contributed by atoms with E-state index in [1.807, 2.05) is 0 Å². The van der Waals surface area contributed by atoms with Crippen molar-refractivity contribution in [2.45, 2.75) is 63.4 Å². The summed E-state index contributed by atoms with van der Waals surface area (Å²) in [7, 11) is -14.1. The SMILES string of the molecule is Cc1cc(C)c(N(S(=O)(=O)C(F)(F)F)S(=O)(=O)C(F)(F)F)cc1N1CCC2(CCCCC2)C1=O. The highest BCUT2D eigenvalue weighted by molar-refractivity contribution is 8.11. The monoisotopic (exact) mass is 536 g/mol. The zero-order chi connectivity index (χ0) is 25.9. The average molecular weight is 537 g/mol. The van der Waals surface area contributed by atoms with Gasteiger partial charge < -0.3 is 4.90 Å². The molecule has 0 bridgehead atoms. The Kier molecular flexibility index (Phi) is 6.47. The Balaban J connectivity index is 2.22. The maximum Gasteiger partial charge on any atom is 0.517 e. The fourth-order valence-electron chi connectivity index (χ4n) is 4.64. The van der Waals surface area contributed by atoms with E-state index in [2.05, 4.69) is 0 Å². The number of anilines is 2. The number of benzene rings is 1. The third kappa shape index (κ3) is 4.14. The summed E-state index contributed by atoms with van der Waals surface area (Å²) in [4.78, 5) is 14.4. The zero-order valence-corrected chi connectivity index (χ0v) is 19.8. The molecule has 1 saturated heterocycles. The number of carbonyl (C=O) groups excluding carboxylic acids is 1. The van der Waals surface area contributed by atoms with E-state index in [0.717, 1.165) is 32.3 Å². The topological polar surface area (TPSA) is 91.8 Å². The number of hydrogen-bond donors (Lipinski definition) is 0. The molecule has 0 atom stereocenters. The maximum absolute atomic E-state index is 13.3. The predicted octanol–water partition coefficient (Wildman–Crippen LogP) is 4.50. The lowest BCUT2D eigenvalue weighted by molar-refractivity contribution is -0.127. The third-order valence-corrected chi connectivity index (χ3v) is 9.96. The van der Waals surface area contributed by atoms with Crippen LogP contribution in [0.4, 0.5) is 37.7 Å². The fourth-order valence-corrected chi connectivity index (χ4v) is 7.46. The highest BCUT2D eigenvalue weighted by Gasteiger charge is 2.62. The van der Waals surface area contributed by atoms with E-state index in [-0.39, 0.29) is 23.7 Å². The first-order valence-corrected chi connectivity index (χ1v) is 13.1. The number of hydrogen-bond acceptors (Lipinski definition) is 5. The number of amides is 1. The predicted molar refractivity (Wildman–Crippen MR) is 111 cm³/mol. The Morgan fingerprint density at radius 3 is 1.79 bits per heavy atom. The normalized spacial score (nSPS) is 19.6. The van der Waals surface area contributed by atoms with Crippen molar-refractivity contribution >= 4 is 37.3 Å². The number of aryl methyl sites for hydroxylation is 2.